The molecule has 7 heteroatoms. The average Bonchev–Trinajstić information content (AvgIpc) is 2.37. The molecule has 6 nitrogen and oxygen atoms in total. The van der Waals surface area contributed by atoms with Crippen LogP contribution in [-0.2, 0) is 10.1 Å². The molecule has 1 aromatic heterocycles. The van der Waals surface area contributed by atoms with Gasteiger partial charge in [0.25, 0.3) is 10.1 Å². The van der Waals surface area contributed by atoms with Crippen LogP contribution in [0.25, 0.3) is 10.9 Å². The van der Waals surface area contributed by atoms with Gasteiger partial charge in [-0.15, -0.1) is 0 Å². The molecule has 0 amide bonds. The maximum atomic E-state index is 11.3. The summed E-state index contributed by atoms with van der Waals surface area (Å²) in [6.07, 6.45) is 1.77. The summed E-state index contributed by atoms with van der Waals surface area (Å²) in [7, 11) is -2.56. The minimum atomic E-state index is -4.12. The van der Waals surface area contributed by atoms with E-state index in [1.54, 1.807) is 38.3 Å². The van der Waals surface area contributed by atoms with E-state index in [9.17, 15) is 13.0 Å². The van der Waals surface area contributed by atoms with Crippen molar-refractivity contribution in [2.45, 2.75) is 18.6 Å². The SMILES string of the molecule is CCC(c1cnc2ccc(OC)cc2c1)S(=O)(=O)O.N. The quantitative estimate of drug-likeness (QED) is 0.839. The fraction of sp³-hybridized carbons (Fsp3) is 0.308. The number of rotatable bonds is 4. The number of methoxy groups -OCH3 is 1. The Morgan fingerprint density at radius 3 is 2.60 bits per heavy atom. The Morgan fingerprint density at radius 1 is 1.35 bits per heavy atom. The molecule has 0 fully saturated rings. The molecule has 0 radical (unpaired) electrons. The molecule has 0 saturated heterocycles. The van der Waals surface area contributed by atoms with Gasteiger partial charge in [0.15, 0.2) is 0 Å². The molecule has 1 unspecified atom stereocenters. The Kier molecular flexibility index (Phi) is 5.04. The Balaban J connectivity index is 0.00000200. The summed E-state index contributed by atoms with van der Waals surface area (Å²) < 4.78 is 37.0. The van der Waals surface area contributed by atoms with Crippen molar-refractivity contribution in [2.75, 3.05) is 7.11 Å². The molecule has 1 atom stereocenters. The van der Waals surface area contributed by atoms with Gasteiger partial charge in [0.05, 0.1) is 12.6 Å². The zero-order valence-corrected chi connectivity index (χ0v) is 12.2. The third-order valence-corrected chi connectivity index (χ3v) is 4.34. The fourth-order valence-corrected chi connectivity index (χ4v) is 2.94. The first-order valence-electron chi connectivity index (χ1n) is 5.85. The monoisotopic (exact) mass is 298 g/mol. The highest BCUT2D eigenvalue weighted by atomic mass is 32.2. The highest BCUT2D eigenvalue weighted by Crippen LogP contribution is 2.28. The minimum absolute atomic E-state index is 0. The predicted octanol–water partition coefficient (Wildman–Crippen LogP) is 2.74. The van der Waals surface area contributed by atoms with Crippen molar-refractivity contribution in [2.24, 2.45) is 0 Å². The van der Waals surface area contributed by atoms with E-state index < -0.39 is 15.4 Å². The average molecular weight is 298 g/mol. The molecule has 0 spiro atoms. The Hall–Kier alpha value is -1.70. The number of hydrogen-bond acceptors (Lipinski definition) is 5. The summed E-state index contributed by atoms with van der Waals surface area (Å²) >= 11 is 0. The lowest BCUT2D eigenvalue weighted by atomic mass is 10.1. The Morgan fingerprint density at radius 2 is 2.05 bits per heavy atom. The molecular formula is C13H18N2O4S. The van der Waals surface area contributed by atoms with Crippen LogP contribution >= 0.6 is 0 Å². The van der Waals surface area contributed by atoms with Crippen molar-refractivity contribution < 1.29 is 17.7 Å². The second-order valence-electron chi connectivity index (χ2n) is 4.24. The second-order valence-corrected chi connectivity index (χ2v) is 5.84. The third-order valence-electron chi connectivity index (χ3n) is 3.01. The van der Waals surface area contributed by atoms with E-state index in [-0.39, 0.29) is 12.6 Å². The van der Waals surface area contributed by atoms with E-state index in [1.165, 1.54) is 6.20 Å². The summed E-state index contributed by atoms with van der Waals surface area (Å²) in [5.41, 5.74) is 1.22. The molecule has 1 heterocycles. The van der Waals surface area contributed by atoms with E-state index in [0.717, 1.165) is 10.9 Å². The number of aromatic nitrogens is 1. The number of ether oxygens (including phenoxy) is 1. The summed E-state index contributed by atoms with van der Waals surface area (Å²) in [5.74, 6) is 0.673. The van der Waals surface area contributed by atoms with Gasteiger partial charge < -0.3 is 10.9 Å². The van der Waals surface area contributed by atoms with E-state index in [2.05, 4.69) is 4.98 Å². The summed E-state index contributed by atoms with van der Waals surface area (Å²) in [5, 5.41) is -0.172. The fourth-order valence-electron chi connectivity index (χ4n) is 2.05. The van der Waals surface area contributed by atoms with Crippen LogP contribution in [0.15, 0.2) is 30.5 Å². The smallest absolute Gasteiger partial charge is 0.272 e. The summed E-state index contributed by atoms with van der Waals surface area (Å²) in [6, 6.07) is 7.08. The summed E-state index contributed by atoms with van der Waals surface area (Å²) in [6.45, 7) is 1.70. The zero-order valence-electron chi connectivity index (χ0n) is 11.4. The third kappa shape index (κ3) is 3.24. The molecule has 4 N–H and O–H groups in total. The molecule has 110 valence electrons. The first-order chi connectivity index (χ1) is 8.95. The van der Waals surface area contributed by atoms with Crippen molar-refractivity contribution in [3.8, 4) is 5.75 Å². The van der Waals surface area contributed by atoms with Crippen LogP contribution in [0.5, 0.6) is 5.75 Å². The number of nitrogens with zero attached hydrogens (tertiary/aromatic N) is 1. The van der Waals surface area contributed by atoms with Crippen molar-refractivity contribution in [3.63, 3.8) is 0 Å². The van der Waals surface area contributed by atoms with Gasteiger partial charge in [0.2, 0.25) is 0 Å². The maximum absolute atomic E-state index is 11.3. The normalized spacial score (nSPS) is 12.8. The van der Waals surface area contributed by atoms with Gasteiger partial charge in [-0.2, -0.15) is 8.42 Å². The molecule has 2 rings (SSSR count). The lowest BCUT2D eigenvalue weighted by Crippen LogP contribution is -2.11. The van der Waals surface area contributed by atoms with Gasteiger partial charge in [-0.05, 0) is 36.2 Å². The van der Waals surface area contributed by atoms with Crippen LogP contribution in [0.3, 0.4) is 0 Å². The highest BCUT2D eigenvalue weighted by Gasteiger charge is 2.23. The molecule has 2 aromatic rings. The van der Waals surface area contributed by atoms with Crippen LogP contribution in [0, 0.1) is 0 Å². The van der Waals surface area contributed by atoms with Crippen molar-refractivity contribution in [3.05, 3.63) is 36.0 Å². The van der Waals surface area contributed by atoms with E-state index in [0.29, 0.717) is 11.3 Å². The summed E-state index contributed by atoms with van der Waals surface area (Å²) in [4.78, 5) is 4.21. The Bertz CT molecular complexity index is 701. The van der Waals surface area contributed by atoms with E-state index >= 15 is 0 Å². The number of fused-ring (bicyclic) bond motifs is 1. The lowest BCUT2D eigenvalue weighted by Gasteiger charge is -2.12. The predicted molar refractivity (Wildman–Crippen MR) is 77.9 cm³/mol. The molecular weight excluding hydrogens is 280 g/mol. The second kappa shape index (κ2) is 6.17. The van der Waals surface area contributed by atoms with Crippen molar-refractivity contribution in [1.82, 2.24) is 11.1 Å². The lowest BCUT2D eigenvalue weighted by molar-refractivity contribution is 0.415. The number of pyridine rings is 1. The zero-order chi connectivity index (χ0) is 14.0. The van der Waals surface area contributed by atoms with Gasteiger partial charge in [0, 0.05) is 11.6 Å². The van der Waals surface area contributed by atoms with Gasteiger partial charge in [-0.3, -0.25) is 9.54 Å². The molecule has 0 aliphatic rings. The van der Waals surface area contributed by atoms with Crippen LogP contribution in [0.1, 0.15) is 24.2 Å². The van der Waals surface area contributed by atoms with Crippen LogP contribution in [0.2, 0.25) is 0 Å². The van der Waals surface area contributed by atoms with E-state index in [4.69, 9.17) is 4.74 Å². The van der Waals surface area contributed by atoms with E-state index in [1.807, 2.05) is 0 Å². The molecule has 20 heavy (non-hydrogen) atoms. The van der Waals surface area contributed by atoms with Crippen molar-refractivity contribution in [1.29, 1.82) is 0 Å². The molecule has 0 bridgehead atoms. The highest BCUT2D eigenvalue weighted by molar-refractivity contribution is 7.86. The first kappa shape index (κ1) is 16.4. The molecule has 0 aliphatic carbocycles. The largest absolute Gasteiger partial charge is 0.497 e. The van der Waals surface area contributed by atoms with Crippen LogP contribution in [-0.4, -0.2) is 25.1 Å². The number of hydrogen-bond donors (Lipinski definition) is 2. The molecule has 1 aromatic carbocycles. The standard InChI is InChI=1S/C13H15NO4S.H3N/c1-3-13(19(15,16)17)10-6-9-7-11(18-2)4-5-12(9)14-8-10;/h4-8,13H,3H2,1-2H3,(H,15,16,17);1H3. The Labute approximate surface area is 118 Å². The topological polar surface area (TPSA) is 111 Å². The van der Waals surface area contributed by atoms with Crippen molar-refractivity contribution >= 4 is 21.0 Å². The number of benzene rings is 1. The molecule has 0 aliphatic heterocycles. The van der Waals surface area contributed by atoms with Gasteiger partial charge in [0.1, 0.15) is 11.0 Å². The minimum Gasteiger partial charge on any atom is -0.497 e. The van der Waals surface area contributed by atoms with Gasteiger partial charge in [-0.1, -0.05) is 6.92 Å². The van der Waals surface area contributed by atoms with Gasteiger partial charge >= 0.3 is 0 Å². The first-order valence-corrected chi connectivity index (χ1v) is 7.36. The maximum Gasteiger partial charge on any atom is 0.272 e. The van der Waals surface area contributed by atoms with Crippen LogP contribution < -0.4 is 10.9 Å². The van der Waals surface area contributed by atoms with Gasteiger partial charge in [-0.25, -0.2) is 0 Å². The molecule has 0 saturated carbocycles. The van der Waals surface area contributed by atoms with Crippen LogP contribution in [0.4, 0.5) is 0 Å².